The maximum Gasteiger partial charge on any atom is 0.0111 e. The van der Waals surface area contributed by atoms with Gasteiger partial charge < -0.3 is 4.57 Å². The second kappa shape index (κ2) is 2.37. The molecule has 12 heavy (non-hydrogen) atoms. The highest BCUT2D eigenvalue weighted by Gasteiger charge is 1.98. The van der Waals surface area contributed by atoms with Crippen LogP contribution in [0.25, 0.3) is 10.8 Å². The van der Waals surface area contributed by atoms with Crippen LogP contribution in [0.1, 0.15) is 11.1 Å². The van der Waals surface area contributed by atoms with Crippen molar-refractivity contribution in [3.05, 3.63) is 35.7 Å². The van der Waals surface area contributed by atoms with Crippen molar-refractivity contribution in [2.75, 3.05) is 0 Å². The molecule has 62 valence electrons. The molecular weight excluding hydrogens is 146 g/mol. The number of hydrogen-bond donors (Lipinski definition) is 0. The van der Waals surface area contributed by atoms with Gasteiger partial charge in [-0.3, -0.25) is 0 Å². The minimum Gasteiger partial charge on any atom is -0.356 e. The van der Waals surface area contributed by atoms with Gasteiger partial charge in [-0.15, -0.1) is 0 Å². The lowest BCUT2D eigenvalue weighted by molar-refractivity contribution is 0.933. The van der Waals surface area contributed by atoms with Gasteiger partial charge >= 0.3 is 0 Å². The van der Waals surface area contributed by atoms with Crippen molar-refractivity contribution in [1.29, 1.82) is 0 Å². The molecule has 2 aromatic rings. The van der Waals surface area contributed by atoms with E-state index in [1.165, 1.54) is 21.9 Å². The third kappa shape index (κ3) is 1.02. The van der Waals surface area contributed by atoms with Crippen LogP contribution < -0.4 is 0 Å². The Kier molecular flexibility index (Phi) is 1.47. The lowest BCUT2D eigenvalue weighted by Gasteiger charge is -1.98. The van der Waals surface area contributed by atoms with Gasteiger partial charge in [0.1, 0.15) is 0 Å². The number of aryl methyl sites for hydroxylation is 3. The summed E-state index contributed by atoms with van der Waals surface area (Å²) >= 11 is 0. The average Bonchev–Trinajstić information content (AvgIpc) is 2.30. The van der Waals surface area contributed by atoms with Gasteiger partial charge in [-0.1, -0.05) is 0 Å². The van der Waals surface area contributed by atoms with Crippen LogP contribution in [0.4, 0.5) is 0 Å². The van der Waals surface area contributed by atoms with E-state index in [-0.39, 0.29) is 0 Å². The molecule has 1 heterocycles. The van der Waals surface area contributed by atoms with Crippen LogP contribution in [0, 0.1) is 13.8 Å². The Hall–Kier alpha value is -1.24. The summed E-state index contributed by atoms with van der Waals surface area (Å²) in [6, 6.07) is 4.48. The predicted octanol–water partition coefficient (Wildman–Crippen LogP) is 2.80. The first-order valence-corrected chi connectivity index (χ1v) is 4.20. The fraction of sp³-hybridized carbons (Fsp3) is 0.273. The van der Waals surface area contributed by atoms with E-state index >= 15 is 0 Å². The Morgan fingerprint density at radius 1 is 0.917 bits per heavy atom. The zero-order chi connectivity index (χ0) is 8.72. The van der Waals surface area contributed by atoms with E-state index in [0.717, 1.165) is 0 Å². The largest absolute Gasteiger partial charge is 0.356 e. The molecule has 0 aliphatic heterocycles. The minimum atomic E-state index is 1.33. The third-order valence-electron chi connectivity index (χ3n) is 2.38. The molecule has 0 aliphatic carbocycles. The number of rotatable bonds is 0. The first-order valence-electron chi connectivity index (χ1n) is 4.20. The zero-order valence-electron chi connectivity index (χ0n) is 7.76. The molecule has 1 aromatic heterocycles. The number of aromatic nitrogens is 1. The number of nitrogens with zero attached hydrogens (tertiary/aromatic N) is 1. The minimum absolute atomic E-state index is 1.33. The highest BCUT2D eigenvalue weighted by Crippen LogP contribution is 2.19. The Labute approximate surface area is 72.6 Å². The molecule has 0 bridgehead atoms. The molecule has 0 aliphatic rings. The summed E-state index contributed by atoms with van der Waals surface area (Å²) in [4.78, 5) is 0. The predicted molar refractivity (Wildman–Crippen MR) is 52.4 cm³/mol. The molecule has 0 unspecified atom stereocenters. The molecule has 0 spiro atoms. The Balaban J connectivity index is 2.83. The number of benzene rings is 1. The Morgan fingerprint density at radius 2 is 1.33 bits per heavy atom. The molecule has 1 nitrogen and oxygen atoms in total. The summed E-state index contributed by atoms with van der Waals surface area (Å²) in [5.74, 6) is 0. The maximum atomic E-state index is 2.24. The van der Waals surface area contributed by atoms with Crippen molar-refractivity contribution in [2.45, 2.75) is 13.8 Å². The summed E-state index contributed by atoms with van der Waals surface area (Å²) in [6.45, 7) is 4.31. The third-order valence-corrected chi connectivity index (χ3v) is 2.38. The second-order valence-corrected chi connectivity index (χ2v) is 3.49. The number of fused-ring (bicyclic) bond motifs is 1. The smallest absolute Gasteiger partial charge is 0.0111 e. The van der Waals surface area contributed by atoms with Crippen LogP contribution in [0.3, 0.4) is 0 Å². The second-order valence-electron chi connectivity index (χ2n) is 3.49. The summed E-state index contributed by atoms with van der Waals surface area (Å²) < 4.78 is 2.10. The molecule has 0 saturated heterocycles. The average molecular weight is 159 g/mol. The van der Waals surface area contributed by atoms with Gasteiger partial charge in [0.15, 0.2) is 0 Å². The fourth-order valence-electron chi connectivity index (χ4n) is 1.56. The van der Waals surface area contributed by atoms with Crippen molar-refractivity contribution < 1.29 is 0 Å². The molecule has 1 heteroatoms. The van der Waals surface area contributed by atoms with E-state index in [2.05, 4.69) is 50.0 Å². The quantitative estimate of drug-likeness (QED) is 0.557. The van der Waals surface area contributed by atoms with Crippen molar-refractivity contribution in [1.82, 2.24) is 4.57 Å². The summed E-state index contributed by atoms with van der Waals surface area (Å²) in [6.07, 6.45) is 4.31. The van der Waals surface area contributed by atoms with Crippen LogP contribution in [0.2, 0.25) is 0 Å². The maximum absolute atomic E-state index is 2.24. The van der Waals surface area contributed by atoms with E-state index in [9.17, 15) is 0 Å². The lowest BCUT2D eigenvalue weighted by atomic mass is 10.1. The molecule has 2 rings (SSSR count). The van der Waals surface area contributed by atoms with Crippen LogP contribution in [0.15, 0.2) is 24.5 Å². The van der Waals surface area contributed by atoms with E-state index in [1.54, 1.807) is 0 Å². The summed E-state index contributed by atoms with van der Waals surface area (Å²) in [7, 11) is 2.06. The molecule has 0 saturated carbocycles. The normalized spacial score (nSPS) is 10.9. The van der Waals surface area contributed by atoms with Gasteiger partial charge in [0.25, 0.3) is 0 Å². The standard InChI is InChI=1S/C11H13N/c1-8-4-10-6-12(3)7-11(10)5-9(8)2/h4-7H,1-3H3. The van der Waals surface area contributed by atoms with Gasteiger partial charge in [0.2, 0.25) is 0 Å². The van der Waals surface area contributed by atoms with Crippen LogP contribution >= 0.6 is 0 Å². The molecule has 0 fully saturated rings. The van der Waals surface area contributed by atoms with Crippen LogP contribution in [-0.4, -0.2) is 4.57 Å². The van der Waals surface area contributed by atoms with E-state index < -0.39 is 0 Å². The Morgan fingerprint density at radius 3 is 1.75 bits per heavy atom. The first kappa shape index (κ1) is 7.41. The zero-order valence-corrected chi connectivity index (χ0v) is 7.76. The molecular formula is C11H13N. The van der Waals surface area contributed by atoms with Crippen molar-refractivity contribution >= 4 is 10.8 Å². The van der Waals surface area contributed by atoms with Crippen LogP contribution in [0.5, 0.6) is 0 Å². The van der Waals surface area contributed by atoms with Gasteiger partial charge in [0.05, 0.1) is 0 Å². The summed E-state index contributed by atoms with van der Waals surface area (Å²) in [5.41, 5.74) is 2.74. The fourth-order valence-corrected chi connectivity index (χ4v) is 1.56. The van der Waals surface area contributed by atoms with Gasteiger partial charge in [-0.25, -0.2) is 0 Å². The lowest BCUT2D eigenvalue weighted by Crippen LogP contribution is -1.77. The molecule has 0 atom stereocenters. The van der Waals surface area contributed by atoms with E-state index in [0.29, 0.717) is 0 Å². The van der Waals surface area contributed by atoms with Gasteiger partial charge in [0, 0.05) is 19.4 Å². The highest BCUT2D eigenvalue weighted by molar-refractivity contribution is 5.83. The topological polar surface area (TPSA) is 4.93 Å². The highest BCUT2D eigenvalue weighted by atomic mass is 14.9. The van der Waals surface area contributed by atoms with E-state index in [4.69, 9.17) is 0 Å². The van der Waals surface area contributed by atoms with Crippen molar-refractivity contribution in [3.8, 4) is 0 Å². The van der Waals surface area contributed by atoms with Gasteiger partial charge in [-0.05, 0) is 47.9 Å². The molecule has 0 amide bonds. The van der Waals surface area contributed by atoms with Gasteiger partial charge in [-0.2, -0.15) is 0 Å². The molecule has 0 radical (unpaired) electrons. The monoisotopic (exact) mass is 159 g/mol. The Bertz CT molecular complexity index is 385. The van der Waals surface area contributed by atoms with Crippen molar-refractivity contribution in [2.24, 2.45) is 7.05 Å². The SMILES string of the molecule is Cc1cc2cn(C)cc2cc1C. The first-order chi connectivity index (χ1) is 5.66. The van der Waals surface area contributed by atoms with Crippen molar-refractivity contribution in [3.63, 3.8) is 0 Å². The number of hydrogen-bond acceptors (Lipinski definition) is 0. The molecule has 1 aromatic carbocycles. The summed E-state index contributed by atoms with van der Waals surface area (Å²) in [5, 5.41) is 2.67. The van der Waals surface area contributed by atoms with Crippen LogP contribution in [-0.2, 0) is 7.05 Å². The van der Waals surface area contributed by atoms with E-state index in [1.807, 2.05) is 0 Å². The molecule has 0 N–H and O–H groups in total.